The monoisotopic (exact) mass is 244 g/mol. The number of aliphatic carboxylic acids is 1. The third-order valence-electron chi connectivity index (χ3n) is 2.86. The second-order valence-electron chi connectivity index (χ2n) is 4.52. The van der Waals surface area contributed by atoms with E-state index in [4.69, 9.17) is 9.84 Å². The van der Waals surface area contributed by atoms with Crippen molar-refractivity contribution in [1.82, 2.24) is 10.6 Å². The fraction of sp³-hybridized carbons (Fsp3) is 0.818. The predicted octanol–water partition coefficient (Wildman–Crippen LogP) is -0.552. The molecule has 1 fully saturated rings. The Balaban J connectivity index is 2.37. The van der Waals surface area contributed by atoms with Crippen LogP contribution in [-0.4, -0.2) is 49.3 Å². The molecule has 6 heteroatoms. The number of hydrogen-bond acceptors (Lipinski definition) is 4. The van der Waals surface area contributed by atoms with E-state index in [1.807, 2.05) is 13.8 Å². The minimum atomic E-state index is -0.881. The standard InChI is InChI=1S/C11H20N2O4/c1-7(2)8(11(15)16)5-13-10(14)9-6-17-4-3-12-9/h7-9,12H,3-6H2,1-2H3,(H,13,14)(H,15,16). The quantitative estimate of drug-likeness (QED) is 0.604. The van der Waals surface area contributed by atoms with Crippen LogP contribution in [0.15, 0.2) is 0 Å². The first kappa shape index (κ1) is 13.9. The fourth-order valence-corrected chi connectivity index (χ4v) is 1.68. The summed E-state index contributed by atoms with van der Waals surface area (Å²) >= 11 is 0. The molecule has 6 nitrogen and oxygen atoms in total. The molecular weight excluding hydrogens is 224 g/mol. The zero-order chi connectivity index (χ0) is 12.8. The van der Waals surface area contributed by atoms with E-state index in [1.54, 1.807) is 0 Å². The normalized spacial score (nSPS) is 22.2. The average molecular weight is 244 g/mol. The lowest BCUT2D eigenvalue weighted by molar-refractivity contribution is -0.143. The van der Waals surface area contributed by atoms with Gasteiger partial charge >= 0.3 is 5.97 Å². The number of morpholine rings is 1. The van der Waals surface area contributed by atoms with Gasteiger partial charge in [-0.3, -0.25) is 9.59 Å². The number of rotatable bonds is 5. The van der Waals surface area contributed by atoms with Gasteiger partial charge in [0, 0.05) is 13.1 Å². The first-order valence-electron chi connectivity index (χ1n) is 5.84. The maximum Gasteiger partial charge on any atom is 0.308 e. The predicted molar refractivity (Wildman–Crippen MR) is 61.6 cm³/mol. The van der Waals surface area contributed by atoms with Crippen LogP contribution in [0.25, 0.3) is 0 Å². The molecule has 2 atom stereocenters. The Hall–Kier alpha value is -1.14. The van der Waals surface area contributed by atoms with E-state index in [0.717, 1.165) is 0 Å². The molecule has 0 bridgehead atoms. The van der Waals surface area contributed by atoms with Gasteiger partial charge in [-0.1, -0.05) is 13.8 Å². The Kier molecular flexibility index (Phi) is 5.37. The number of nitrogens with one attached hydrogen (secondary N) is 2. The maximum absolute atomic E-state index is 11.7. The van der Waals surface area contributed by atoms with Crippen molar-refractivity contribution < 1.29 is 19.4 Å². The number of carboxylic acid groups (broad SMARTS) is 1. The van der Waals surface area contributed by atoms with E-state index < -0.39 is 11.9 Å². The summed E-state index contributed by atoms with van der Waals surface area (Å²) in [7, 11) is 0. The summed E-state index contributed by atoms with van der Waals surface area (Å²) < 4.78 is 5.17. The highest BCUT2D eigenvalue weighted by molar-refractivity contribution is 5.82. The highest BCUT2D eigenvalue weighted by Crippen LogP contribution is 2.09. The second kappa shape index (κ2) is 6.56. The lowest BCUT2D eigenvalue weighted by Crippen LogP contribution is -2.52. The summed E-state index contributed by atoms with van der Waals surface area (Å²) in [4.78, 5) is 22.6. The molecule has 0 radical (unpaired) electrons. The molecule has 0 aliphatic carbocycles. The summed E-state index contributed by atoms with van der Waals surface area (Å²) in [6, 6.07) is -0.370. The van der Waals surface area contributed by atoms with Crippen LogP contribution in [0.5, 0.6) is 0 Å². The van der Waals surface area contributed by atoms with Gasteiger partial charge < -0.3 is 20.5 Å². The molecule has 2 unspecified atom stereocenters. The molecule has 0 aromatic rings. The fourth-order valence-electron chi connectivity index (χ4n) is 1.68. The lowest BCUT2D eigenvalue weighted by Gasteiger charge is -2.24. The third-order valence-corrected chi connectivity index (χ3v) is 2.86. The molecule has 1 aliphatic rings. The molecule has 1 heterocycles. The van der Waals surface area contributed by atoms with Crippen LogP contribution < -0.4 is 10.6 Å². The minimum absolute atomic E-state index is 0.0108. The highest BCUT2D eigenvalue weighted by atomic mass is 16.5. The SMILES string of the molecule is CC(C)C(CNC(=O)C1COCCN1)C(=O)O. The number of ether oxygens (including phenoxy) is 1. The van der Waals surface area contributed by atoms with Crippen LogP contribution in [0.4, 0.5) is 0 Å². The van der Waals surface area contributed by atoms with Crippen LogP contribution in [0.3, 0.4) is 0 Å². The van der Waals surface area contributed by atoms with E-state index >= 15 is 0 Å². The van der Waals surface area contributed by atoms with E-state index in [9.17, 15) is 9.59 Å². The molecule has 1 amide bonds. The van der Waals surface area contributed by atoms with Crippen LogP contribution in [0.1, 0.15) is 13.8 Å². The number of carbonyl (C=O) groups excluding carboxylic acids is 1. The second-order valence-corrected chi connectivity index (χ2v) is 4.52. The molecule has 1 aliphatic heterocycles. The van der Waals surface area contributed by atoms with Crippen molar-refractivity contribution in [2.75, 3.05) is 26.3 Å². The first-order valence-corrected chi connectivity index (χ1v) is 5.84. The summed E-state index contributed by atoms with van der Waals surface area (Å²) in [5, 5.41) is 14.6. The number of carbonyl (C=O) groups is 2. The Morgan fingerprint density at radius 2 is 2.24 bits per heavy atom. The zero-order valence-corrected chi connectivity index (χ0v) is 10.2. The molecule has 1 rings (SSSR count). The molecule has 1 saturated heterocycles. The van der Waals surface area contributed by atoms with Crippen molar-refractivity contribution in [2.24, 2.45) is 11.8 Å². The van der Waals surface area contributed by atoms with Crippen molar-refractivity contribution in [3.63, 3.8) is 0 Å². The first-order chi connectivity index (χ1) is 8.02. The van der Waals surface area contributed by atoms with Crippen molar-refractivity contribution in [3.05, 3.63) is 0 Å². The van der Waals surface area contributed by atoms with E-state index in [1.165, 1.54) is 0 Å². The molecule has 0 spiro atoms. The Bertz CT molecular complexity index is 275. The van der Waals surface area contributed by atoms with Gasteiger partial charge in [-0.2, -0.15) is 0 Å². The molecule has 0 aromatic carbocycles. The van der Waals surface area contributed by atoms with Crippen molar-refractivity contribution in [1.29, 1.82) is 0 Å². The molecule has 98 valence electrons. The van der Waals surface area contributed by atoms with Crippen LogP contribution in [0, 0.1) is 11.8 Å². The highest BCUT2D eigenvalue weighted by Gasteiger charge is 2.25. The Labute approximate surface area is 101 Å². The lowest BCUT2D eigenvalue weighted by atomic mass is 9.96. The van der Waals surface area contributed by atoms with Crippen LogP contribution >= 0.6 is 0 Å². The van der Waals surface area contributed by atoms with Gasteiger partial charge in [-0.25, -0.2) is 0 Å². The molecule has 17 heavy (non-hydrogen) atoms. The summed E-state index contributed by atoms with van der Waals surface area (Å²) in [6.45, 7) is 5.40. The van der Waals surface area contributed by atoms with Gasteiger partial charge in [0.15, 0.2) is 0 Å². The van der Waals surface area contributed by atoms with Gasteiger partial charge in [-0.15, -0.1) is 0 Å². The average Bonchev–Trinajstić information content (AvgIpc) is 2.29. The smallest absolute Gasteiger partial charge is 0.308 e. The maximum atomic E-state index is 11.7. The largest absolute Gasteiger partial charge is 0.481 e. The molecule has 0 saturated carbocycles. The topological polar surface area (TPSA) is 87.7 Å². The zero-order valence-electron chi connectivity index (χ0n) is 10.2. The van der Waals surface area contributed by atoms with Crippen molar-refractivity contribution in [3.8, 4) is 0 Å². The summed E-state index contributed by atoms with van der Waals surface area (Å²) in [5.41, 5.74) is 0. The number of carboxylic acids is 1. The Morgan fingerprint density at radius 1 is 1.53 bits per heavy atom. The Morgan fingerprint density at radius 3 is 2.71 bits per heavy atom. The number of amides is 1. The van der Waals surface area contributed by atoms with Crippen LogP contribution in [0.2, 0.25) is 0 Å². The molecule has 0 aromatic heterocycles. The molecule has 3 N–H and O–H groups in total. The third kappa shape index (κ3) is 4.32. The van der Waals surface area contributed by atoms with Gasteiger partial charge in [0.25, 0.3) is 0 Å². The van der Waals surface area contributed by atoms with Crippen molar-refractivity contribution >= 4 is 11.9 Å². The number of hydrogen-bond donors (Lipinski definition) is 3. The van der Waals surface area contributed by atoms with E-state index in [0.29, 0.717) is 19.8 Å². The van der Waals surface area contributed by atoms with Gasteiger partial charge in [-0.05, 0) is 5.92 Å². The van der Waals surface area contributed by atoms with E-state index in [2.05, 4.69) is 10.6 Å². The summed E-state index contributed by atoms with van der Waals surface area (Å²) in [5.74, 6) is -1.64. The van der Waals surface area contributed by atoms with Gasteiger partial charge in [0.05, 0.1) is 19.1 Å². The summed E-state index contributed by atoms with van der Waals surface area (Å²) in [6.07, 6.45) is 0. The van der Waals surface area contributed by atoms with Gasteiger partial charge in [0.2, 0.25) is 5.91 Å². The van der Waals surface area contributed by atoms with Crippen LogP contribution in [-0.2, 0) is 14.3 Å². The van der Waals surface area contributed by atoms with E-state index in [-0.39, 0.29) is 24.4 Å². The minimum Gasteiger partial charge on any atom is -0.481 e. The molecular formula is C11H20N2O4. The van der Waals surface area contributed by atoms with Crippen molar-refractivity contribution in [2.45, 2.75) is 19.9 Å². The van der Waals surface area contributed by atoms with Gasteiger partial charge in [0.1, 0.15) is 6.04 Å².